The molecule has 1 fully saturated rings. The van der Waals surface area contributed by atoms with Crippen LogP contribution in [0.25, 0.3) is 0 Å². The van der Waals surface area contributed by atoms with E-state index in [-0.39, 0.29) is 17.8 Å². The summed E-state index contributed by atoms with van der Waals surface area (Å²) in [5, 5.41) is 0. The van der Waals surface area contributed by atoms with Crippen molar-refractivity contribution in [2.75, 3.05) is 19.7 Å². The van der Waals surface area contributed by atoms with Crippen molar-refractivity contribution >= 4 is 5.97 Å². The molecule has 4 heteroatoms. The Morgan fingerprint density at radius 2 is 2.05 bits per heavy atom. The van der Waals surface area contributed by atoms with Gasteiger partial charge in [0.15, 0.2) is 0 Å². The topological polar surface area (TPSA) is 29.5 Å². The maximum atomic E-state index is 13.3. The van der Waals surface area contributed by atoms with E-state index >= 15 is 0 Å². The van der Waals surface area contributed by atoms with E-state index in [1.54, 1.807) is 0 Å². The molecule has 0 aromatic heterocycles. The molecule has 1 atom stereocenters. The number of benzene rings is 1. The third kappa shape index (κ3) is 4.27. The third-order valence-corrected chi connectivity index (χ3v) is 4.09. The van der Waals surface area contributed by atoms with Crippen LogP contribution in [0.3, 0.4) is 0 Å². The quantitative estimate of drug-likeness (QED) is 0.777. The number of piperidine rings is 1. The average Bonchev–Trinajstić information content (AvgIpc) is 2.47. The largest absolute Gasteiger partial charge is 0.466 e. The number of aryl methyl sites for hydroxylation is 1. The summed E-state index contributed by atoms with van der Waals surface area (Å²) in [7, 11) is 0. The maximum absolute atomic E-state index is 13.3. The Balaban J connectivity index is 2.23. The molecule has 2 rings (SSSR count). The second-order valence-electron chi connectivity index (χ2n) is 5.62. The van der Waals surface area contributed by atoms with Gasteiger partial charge in [-0.15, -0.1) is 0 Å². The number of hydrogen-bond donors (Lipinski definition) is 0. The fourth-order valence-corrected chi connectivity index (χ4v) is 3.06. The van der Waals surface area contributed by atoms with Crippen LogP contribution in [0.15, 0.2) is 18.2 Å². The van der Waals surface area contributed by atoms with E-state index < -0.39 is 0 Å². The fourth-order valence-electron chi connectivity index (χ4n) is 3.06. The smallest absolute Gasteiger partial charge is 0.307 e. The summed E-state index contributed by atoms with van der Waals surface area (Å²) in [6.07, 6.45) is 3.88. The molecule has 1 aromatic carbocycles. The van der Waals surface area contributed by atoms with Crippen LogP contribution in [-0.4, -0.2) is 30.6 Å². The van der Waals surface area contributed by atoms with Gasteiger partial charge in [-0.25, -0.2) is 4.39 Å². The van der Waals surface area contributed by atoms with Crippen LogP contribution < -0.4 is 0 Å². The average molecular weight is 293 g/mol. The number of hydrogen-bond acceptors (Lipinski definition) is 3. The summed E-state index contributed by atoms with van der Waals surface area (Å²) in [5.74, 6) is -0.415. The zero-order valence-electron chi connectivity index (χ0n) is 12.9. The van der Waals surface area contributed by atoms with E-state index in [4.69, 9.17) is 4.74 Å². The molecule has 1 aliphatic heterocycles. The Bertz CT molecular complexity index is 484. The second-order valence-corrected chi connectivity index (χ2v) is 5.62. The lowest BCUT2D eigenvalue weighted by molar-refractivity contribution is -0.144. The van der Waals surface area contributed by atoms with Crippen LogP contribution in [0.1, 0.15) is 49.8 Å². The summed E-state index contributed by atoms with van der Waals surface area (Å²) in [6.45, 7) is 6.09. The molecule has 116 valence electrons. The van der Waals surface area contributed by atoms with Gasteiger partial charge in [-0.1, -0.05) is 12.5 Å². The highest BCUT2D eigenvalue weighted by molar-refractivity contribution is 5.70. The second kappa shape index (κ2) is 7.55. The summed E-state index contributed by atoms with van der Waals surface area (Å²) in [4.78, 5) is 14.3. The van der Waals surface area contributed by atoms with Crippen molar-refractivity contribution in [1.29, 1.82) is 0 Å². The zero-order valence-corrected chi connectivity index (χ0v) is 12.9. The lowest BCUT2D eigenvalue weighted by atomic mass is 9.95. The van der Waals surface area contributed by atoms with E-state index in [1.807, 2.05) is 19.9 Å². The molecule has 1 saturated heterocycles. The number of rotatable bonds is 5. The first-order valence-corrected chi connectivity index (χ1v) is 7.77. The Morgan fingerprint density at radius 3 is 2.67 bits per heavy atom. The van der Waals surface area contributed by atoms with Gasteiger partial charge in [-0.2, -0.15) is 0 Å². The highest BCUT2D eigenvalue weighted by Crippen LogP contribution is 2.30. The number of carbonyl (C=O) groups is 1. The van der Waals surface area contributed by atoms with Crippen molar-refractivity contribution in [2.24, 2.45) is 0 Å². The summed E-state index contributed by atoms with van der Waals surface area (Å²) >= 11 is 0. The van der Waals surface area contributed by atoms with Gasteiger partial charge in [0.05, 0.1) is 13.0 Å². The van der Waals surface area contributed by atoms with Crippen LogP contribution in [0.4, 0.5) is 4.39 Å². The van der Waals surface area contributed by atoms with Crippen LogP contribution in [-0.2, 0) is 9.53 Å². The third-order valence-electron chi connectivity index (χ3n) is 4.09. The van der Waals surface area contributed by atoms with Crippen molar-refractivity contribution in [3.05, 3.63) is 35.1 Å². The molecule has 3 nitrogen and oxygen atoms in total. The number of halogens is 1. The van der Waals surface area contributed by atoms with E-state index in [0.717, 1.165) is 37.1 Å². The minimum atomic E-state index is -0.232. The molecule has 0 N–H and O–H groups in total. The number of nitrogens with zero attached hydrogens (tertiary/aromatic N) is 1. The highest BCUT2D eigenvalue weighted by atomic mass is 19.1. The summed E-state index contributed by atoms with van der Waals surface area (Å²) < 4.78 is 18.4. The van der Waals surface area contributed by atoms with E-state index in [2.05, 4.69) is 4.90 Å². The van der Waals surface area contributed by atoms with E-state index in [9.17, 15) is 9.18 Å². The fraction of sp³-hybridized carbons (Fsp3) is 0.588. The first-order valence-electron chi connectivity index (χ1n) is 7.77. The Morgan fingerprint density at radius 1 is 1.33 bits per heavy atom. The number of carbonyl (C=O) groups excluding carboxylic acids is 1. The van der Waals surface area contributed by atoms with Crippen LogP contribution in [0, 0.1) is 12.7 Å². The van der Waals surface area contributed by atoms with Gasteiger partial charge in [0.1, 0.15) is 5.82 Å². The lowest BCUT2D eigenvalue weighted by Crippen LogP contribution is -2.35. The SMILES string of the molecule is CCOC(=O)CC(c1ccc(F)cc1C)N1CCCCC1. The Labute approximate surface area is 126 Å². The van der Waals surface area contributed by atoms with Gasteiger partial charge in [-0.05, 0) is 63.0 Å². The van der Waals surface area contributed by atoms with Crippen molar-refractivity contribution < 1.29 is 13.9 Å². The molecular weight excluding hydrogens is 269 g/mol. The molecule has 1 aromatic rings. The molecule has 0 aliphatic carbocycles. The number of ether oxygens (including phenoxy) is 1. The number of likely N-dealkylation sites (tertiary alicyclic amines) is 1. The minimum absolute atomic E-state index is 0.00931. The molecule has 0 amide bonds. The van der Waals surface area contributed by atoms with Gasteiger partial charge in [0.2, 0.25) is 0 Å². The van der Waals surface area contributed by atoms with Gasteiger partial charge < -0.3 is 4.74 Å². The Hall–Kier alpha value is -1.42. The van der Waals surface area contributed by atoms with Gasteiger partial charge in [0, 0.05) is 6.04 Å². The molecule has 0 spiro atoms. The first-order chi connectivity index (χ1) is 10.1. The molecule has 1 heterocycles. The molecule has 0 bridgehead atoms. The standard InChI is InChI=1S/C17H24FNO2/c1-3-21-17(20)12-16(19-9-5-4-6-10-19)15-8-7-14(18)11-13(15)2/h7-8,11,16H,3-6,9-10,12H2,1-2H3. The van der Waals surface area contributed by atoms with E-state index in [0.29, 0.717) is 13.0 Å². The highest BCUT2D eigenvalue weighted by Gasteiger charge is 2.26. The van der Waals surface area contributed by atoms with Crippen molar-refractivity contribution in [3.63, 3.8) is 0 Å². The molecular formula is C17H24FNO2. The van der Waals surface area contributed by atoms with Crippen molar-refractivity contribution in [1.82, 2.24) is 4.90 Å². The predicted octanol–water partition coefficient (Wildman–Crippen LogP) is 3.61. The van der Waals surface area contributed by atoms with Crippen LogP contribution >= 0.6 is 0 Å². The van der Waals surface area contributed by atoms with Crippen molar-refractivity contribution in [3.8, 4) is 0 Å². The molecule has 1 aliphatic rings. The van der Waals surface area contributed by atoms with Crippen LogP contribution in [0.2, 0.25) is 0 Å². The maximum Gasteiger partial charge on any atom is 0.307 e. The first kappa shape index (κ1) is 16.0. The minimum Gasteiger partial charge on any atom is -0.466 e. The predicted molar refractivity (Wildman–Crippen MR) is 80.6 cm³/mol. The molecule has 0 saturated carbocycles. The summed E-state index contributed by atoms with van der Waals surface area (Å²) in [6, 6.07) is 4.82. The Kier molecular flexibility index (Phi) is 5.74. The monoisotopic (exact) mass is 293 g/mol. The zero-order chi connectivity index (χ0) is 15.2. The van der Waals surface area contributed by atoms with E-state index in [1.165, 1.54) is 18.6 Å². The van der Waals surface area contributed by atoms with Gasteiger partial charge in [-0.3, -0.25) is 9.69 Å². The van der Waals surface area contributed by atoms with Gasteiger partial charge in [0.25, 0.3) is 0 Å². The summed E-state index contributed by atoms with van der Waals surface area (Å²) in [5.41, 5.74) is 1.93. The normalized spacial score (nSPS) is 17.5. The molecule has 0 radical (unpaired) electrons. The van der Waals surface area contributed by atoms with Gasteiger partial charge >= 0.3 is 5.97 Å². The molecule has 1 unspecified atom stereocenters. The lowest BCUT2D eigenvalue weighted by Gasteiger charge is -2.35. The van der Waals surface area contributed by atoms with Crippen molar-refractivity contribution in [2.45, 2.75) is 45.6 Å². The molecule has 21 heavy (non-hydrogen) atoms. The van der Waals surface area contributed by atoms with Crippen LogP contribution in [0.5, 0.6) is 0 Å². The number of esters is 1.